The molecule has 1 N–H and O–H groups in total. The smallest absolute Gasteiger partial charge is 0.322 e. The van der Waals surface area contributed by atoms with E-state index in [0.717, 1.165) is 37.4 Å². The molecule has 0 spiro atoms. The highest BCUT2D eigenvalue weighted by Gasteiger charge is 2.43. The Kier molecular flexibility index (Phi) is 6.01. The van der Waals surface area contributed by atoms with E-state index in [-0.39, 0.29) is 29.4 Å². The predicted octanol–water partition coefficient (Wildman–Crippen LogP) is 4.26. The van der Waals surface area contributed by atoms with Crippen molar-refractivity contribution in [2.24, 2.45) is 11.8 Å². The van der Waals surface area contributed by atoms with E-state index in [1.54, 1.807) is 12.4 Å². The number of ether oxygens (including phenoxy) is 1. The van der Waals surface area contributed by atoms with E-state index in [2.05, 4.69) is 30.3 Å². The van der Waals surface area contributed by atoms with E-state index in [4.69, 9.17) is 16.3 Å². The molecule has 2 fully saturated rings. The summed E-state index contributed by atoms with van der Waals surface area (Å²) >= 11 is 5.84. The van der Waals surface area contributed by atoms with Crippen LogP contribution in [0, 0.1) is 24.6 Å². The van der Waals surface area contributed by atoms with Gasteiger partial charge >= 0.3 is 6.01 Å². The molecule has 1 aliphatic heterocycles. The minimum atomic E-state index is -0.700. The summed E-state index contributed by atoms with van der Waals surface area (Å²) in [5.74, 6) is 1.28. The normalized spacial score (nSPS) is 21.9. The number of fused-ring (bicyclic) bond motifs is 2. The summed E-state index contributed by atoms with van der Waals surface area (Å²) in [5.41, 5.74) is 0.943. The Balaban J connectivity index is 1.32. The molecule has 0 radical (unpaired) electrons. The lowest BCUT2D eigenvalue weighted by Crippen LogP contribution is -2.48. The second-order valence-electron chi connectivity index (χ2n) is 8.47. The minimum absolute atomic E-state index is 0.0116. The molecule has 11 heteroatoms. The van der Waals surface area contributed by atoms with Gasteiger partial charge in [0.15, 0.2) is 11.6 Å². The fraction of sp³-hybridized carbons (Fsp3) is 0.455. The zero-order valence-corrected chi connectivity index (χ0v) is 18.8. The van der Waals surface area contributed by atoms with Gasteiger partial charge in [0, 0.05) is 30.9 Å². The van der Waals surface area contributed by atoms with Gasteiger partial charge in [-0.15, -0.1) is 5.10 Å². The largest absolute Gasteiger partial charge is 0.421 e. The fourth-order valence-electron chi connectivity index (χ4n) is 4.76. The van der Waals surface area contributed by atoms with Crippen LogP contribution in [0.1, 0.15) is 18.5 Å². The highest BCUT2D eigenvalue weighted by Crippen LogP contribution is 2.40. The molecule has 2 aromatic heterocycles. The van der Waals surface area contributed by atoms with Crippen molar-refractivity contribution in [3.05, 3.63) is 47.1 Å². The number of piperidine rings is 1. The Morgan fingerprint density at radius 3 is 2.73 bits per heavy atom. The lowest BCUT2D eigenvalue weighted by molar-refractivity contribution is 0.352. The molecule has 0 amide bonds. The summed E-state index contributed by atoms with van der Waals surface area (Å²) in [4.78, 5) is 15.3. The molecule has 1 saturated heterocycles. The standard InChI is InChI=1S/C22H24ClF2N7O/c1-13-9-18(27-12-26-13)31-10-14-5-6-15(11-31)20(14)28-21-29-22(32(30-21)8-7-24)33-17-4-2-3-16(23)19(17)25/h2-4,9,12,14-15,20H,5-8,10-11H2,1H3,(H,28,30)/t14-,15+,20+. The first kappa shape index (κ1) is 21.8. The quantitative estimate of drug-likeness (QED) is 0.547. The number of aromatic nitrogens is 5. The SMILES string of the molecule is Cc1cc(N2C[C@H]3CC[C@@H](C2)[C@H]3Nc2nc(Oc3cccc(Cl)c3F)n(CCF)n2)ncn1. The summed E-state index contributed by atoms with van der Waals surface area (Å²) in [7, 11) is 0. The summed E-state index contributed by atoms with van der Waals surface area (Å²) in [5, 5.41) is 7.73. The van der Waals surface area contributed by atoms with Gasteiger partial charge in [0.2, 0.25) is 5.95 Å². The van der Waals surface area contributed by atoms with Gasteiger partial charge in [0.25, 0.3) is 0 Å². The van der Waals surface area contributed by atoms with Gasteiger partial charge in [-0.2, -0.15) is 4.98 Å². The third-order valence-electron chi connectivity index (χ3n) is 6.29. The molecular weight excluding hydrogens is 452 g/mol. The highest BCUT2D eigenvalue weighted by atomic mass is 35.5. The zero-order valence-electron chi connectivity index (χ0n) is 18.1. The second kappa shape index (κ2) is 9.09. The maximum Gasteiger partial charge on any atom is 0.322 e. The summed E-state index contributed by atoms with van der Waals surface area (Å²) < 4.78 is 34.3. The highest BCUT2D eigenvalue weighted by molar-refractivity contribution is 6.30. The molecule has 0 unspecified atom stereocenters. The van der Waals surface area contributed by atoms with Crippen molar-refractivity contribution in [3.8, 4) is 11.8 Å². The number of halogens is 3. The third kappa shape index (κ3) is 4.44. The van der Waals surface area contributed by atoms with Gasteiger partial charge in [-0.05, 0) is 43.7 Å². The monoisotopic (exact) mass is 475 g/mol. The van der Waals surface area contributed by atoms with Crippen LogP contribution in [0.4, 0.5) is 20.5 Å². The van der Waals surface area contributed by atoms with Crippen LogP contribution in [0.3, 0.4) is 0 Å². The minimum Gasteiger partial charge on any atom is -0.421 e. The van der Waals surface area contributed by atoms with E-state index >= 15 is 0 Å². The molecule has 2 aliphatic rings. The van der Waals surface area contributed by atoms with Gasteiger partial charge in [-0.25, -0.2) is 23.4 Å². The van der Waals surface area contributed by atoms with Gasteiger partial charge < -0.3 is 15.0 Å². The number of benzene rings is 1. The first-order valence-electron chi connectivity index (χ1n) is 10.9. The third-order valence-corrected chi connectivity index (χ3v) is 6.59. The number of aryl methyl sites for hydroxylation is 2. The molecule has 33 heavy (non-hydrogen) atoms. The first-order chi connectivity index (χ1) is 16.0. The van der Waals surface area contributed by atoms with Crippen LogP contribution in [0.25, 0.3) is 0 Å². The number of hydrogen-bond donors (Lipinski definition) is 1. The maximum absolute atomic E-state index is 14.3. The molecule has 8 nitrogen and oxygen atoms in total. The molecular formula is C22H24ClF2N7O. The maximum atomic E-state index is 14.3. The number of alkyl halides is 1. The number of anilines is 2. The van der Waals surface area contributed by atoms with Crippen LogP contribution in [-0.2, 0) is 6.54 Å². The van der Waals surface area contributed by atoms with E-state index in [9.17, 15) is 8.78 Å². The molecule has 1 aliphatic carbocycles. The van der Waals surface area contributed by atoms with E-state index in [0.29, 0.717) is 17.8 Å². The average molecular weight is 476 g/mol. The number of rotatable bonds is 7. The number of nitrogens with zero attached hydrogens (tertiary/aromatic N) is 6. The van der Waals surface area contributed by atoms with Crippen molar-refractivity contribution >= 4 is 23.4 Å². The van der Waals surface area contributed by atoms with Crippen molar-refractivity contribution in [1.29, 1.82) is 0 Å². The Bertz CT molecular complexity index is 1130. The van der Waals surface area contributed by atoms with Crippen molar-refractivity contribution in [2.45, 2.75) is 32.4 Å². The van der Waals surface area contributed by atoms with Crippen molar-refractivity contribution in [1.82, 2.24) is 24.7 Å². The summed E-state index contributed by atoms with van der Waals surface area (Å²) in [6.45, 7) is 2.99. The van der Waals surface area contributed by atoms with E-state index < -0.39 is 12.5 Å². The Hall–Kier alpha value is -3.01. The van der Waals surface area contributed by atoms with Crippen LogP contribution >= 0.6 is 11.6 Å². The molecule has 1 saturated carbocycles. The first-order valence-corrected chi connectivity index (χ1v) is 11.3. The van der Waals surface area contributed by atoms with Crippen LogP contribution in [-0.4, -0.2) is 50.5 Å². The van der Waals surface area contributed by atoms with E-state index in [1.165, 1.54) is 16.8 Å². The van der Waals surface area contributed by atoms with Gasteiger partial charge in [-0.1, -0.05) is 17.7 Å². The molecule has 3 aromatic rings. The number of hydrogen-bond acceptors (Lipinski definition) is 7. The Morgan fingerprint density at radius 1 is 1.21 bits per heavy atom. The topological polar surface area (TPSA) is 81.0 Å². The van der Waals surface area contributed by atoms with Gasteiger partial charge in [0.05, 0.1) is 11.6 Å². The zero-order chi connectivity index (χ0) is 22.9. The molecule has 1 aromatic carbocycles. The average Bonchev–Trinajstić information content (AvgIpc) is 3.26. The Morgan fingerprint density at radius 2 is 2.00 bits per heavy atom. The molecule has 2 bridgehead atoms. The van der Waals surface area contributed by atoms with Crippen LogP contribution in [0.2, 0.25) is 5.02 Å². The second-order valence-corrected chi connectivity index (χ2v) is 8.88. The van der Waals surface area contributed by atoms with Gasteiger partial charge in [-0.3, -0.25) is 0 Å². The number of nitrogens with one attached hydrogen (secondary N) is 1. The summed E-state index contributed by atoms with van der Waals surface area (Å²) in [6.07, 6.45) is 3.78. The van der Waals surface area contributed by atoms with Crippen LogP contribution in [0.15, 0.2) is 30.6 Å². The van der Waals surface area contributed by atoms with Crippen molar-refractivity contribution in [2.75, 3.05) is 30.0 Å². The van der Waals surface area contributed by atoms with Crippen LogP contribution < -0.4 is 15.0 Å². The predicted molar refractivity (Wildman–Crippen MR) is 120 cm³/mol. The molecule has 3 heterocycles. The molecule has 5 rings (SSSR count). The van der Waals surface area contributed by atoms with Crippen molar-refractivity contribution < 1.29 is 13.5 Å². The fourth-order valence-corrected chi connectivity index (χ4v) is 4.92. The Labute approximate surface area is 195 Å². The molecule has 3 atom stereocenters. The lowest BCUT2D eigenvalue weighted by Gasteiger charge is -2.38. The summed E-state index contributed by atoms with van der Waals surface area (Å²) in [6, 6.07) is 6.63. The molecule has 174 valence electrons. The van der Waals surface area contributed by atoms with E-state index in [1.807, 2.05) is 13.0 Å². The van der Waals surface area contributed by atoms with Gasteiger partial charge in [0.1, 0.15) is 18.8 Å². The lowest BCUT2D eigenvalue weighted by atomic mass is 9.92. The van der Waals surface area contributed by atoms with Crippen LogP contribution in [0.5, 0.6) is 11.8 Å². The van der Waals surface area contributed by atoms with Crippen molar-refractivity contribution in [3.63, 3.8) is 0 Å².